The number of benzene rings is 2. The minimum absolute atomic E-state index is 0.0525. The highest BCUT2D eigenvalue weighted by molar-refractivity contribution is 7.99. The van der Waals surface area contributed by atoms with E-state index in [0.717, 1.165) is 0 Å². The van der Waals surface area contributed by atoms with Gasteiger partial charge in [-0.2, -0.15) is 13.2 Å². The predicted octanol–water partition coefficient (Wildman–Crippen LogP) is 7.56. The first kappa shape index (κ1) is 24.0. The summed E-state index contributed by atoms with van der Waals surface area (Å²) in [5.74, 6) is -0.488. The second kappa shape index (κ2) is 8.34. The van der Waals surface area contributed by atoms with Crippen LogP contribution in [0.25, 0.3) is 0 Å². The monoisotopic (exact) mass is 489 g/mol. The first-order chi connectivity index (χ1) is 14.2. The van der Waals surface area contributed by atoms with Gasteiger partial charge in [0, 0.05) is 16.5 Å². The lowest BCUT2D eigenvalue weighted by Crippen LogP contribution is -2.38. The van der Waals surface area contributed by atoms with E-state index < -0.39 is 22.5 Å². The molecule has 1 atom stereocenters. The van der Waals surface area contributed by atoms with Gasteiger partial charge >= 0.3 is 12.1 Å². The molecule has 0 amide bonds. The third kappa shape index (κ3) is 5.04. The minimum atomic E-state index is -4.59. The van der Waals surface area contributed by atoms with Crippen molar-refractivity contribution in [3.63, 3.8) is 0 Å². The Balaban J connectivity index is 1.94. The van der Waals surface area contributed by atoms with Crippen LogP contribution in [0.2, 0.25) is 10.0 Å². The summed E-state index contributed by atoms with van der Waals surface area (Å²) in [5, 5.41) is 0.246. The van der Waals surface area contributed by atoms with Gasteiger partial charge in [0.15, 0.2) is 4.75 Å². The Hall–Kier alpha value is -1.70. The van der Waals surface area contributed by atoms with Gasteiger partial charge in [0.1, 0.15) is 5.60 Å². The molecular weight excluding hydrogens is 470 g/mol. The van der Waals surface area contributed by atoms with Gasteiger partial charge in [-0.25, -0.2) is 9.19 Å². The predicted molar refractivity (Wildman–Crippen MR) is 119 cm³/mol. The molecule has 0 radical (unpaired) electrons. The molecule has 0 N–H and O–H groups in total. The summed E-state index contributed by atoms with van der Waals surface area (Å²) >= 11 is 12.4. The molecule has 0 aliphatic carbocycles. The third-order valence-corrected chi connectivity index (χ3v) is 6.36. The van der Waals surface area contributed by atoms with E-state index in [1.54, 1.807) is 45.9 Å². The second-order valence-corrected chi connectivity index (χ2v) is 10.3. The molecule has 0 aromatic heterocycles. The topological polar surface area (TPSA) is 38.7 Å². The van der Waals surface area contributed by atoms with Crippen molar-refractivity contribution in [1.82, 2.24) is 0 Å². The SMILES string of the molecule is Cc1cc(C2=NS[C@@](c3cc(Cl)cc(Cl)c3)(C(F)(F)F)C2)ccc1C(=O)OC(C)(C)C. The van der Waals surface area contributed by atoms with Gasteiger partial charge in [0.25, 0.3) is 0 Å². The maximum absolute atomic E-state index is 14.2. The lowest BCUT2D eigenvalue weighted by atomic mass is 9.89. The molecule has 1 heterocycles. The van der Waals surface area contributed by atoms with Crippen LogP contribution in [0.15, 0.2) is 40.8 Å². The van der Waals surface area contributed by atoms with Crippen LogP contribution in [0.1, 0.15) is 54.2 Å². The summed E-state index contributed by atoms with van der Waals surface area (Å²) in [4.78, 5) is 12.4. The van der Waals surface area contributed by atoms with Crippen LogP contribution in [0.4, 0.5) is 13.2 Å². The zero-order valence-electron chi connectivity index (χ0n) is 17.2. The van der Waals surface area contributed by atoms with Crippen LogP contribution >= 0.6 is 35.1 Å². The van der Waals surface area contributed by atoms with Crippen LogP contribution in [-0.4, -0.2) is 23.5 Å². The summed E-state index contributed by atoms with van der Waals surface area (Å²) in [5.41, 5.74) is 1.03. The molecule has 2 aromatic carbocycles. The van der Waals surface area contributed by atoms with Crippen LogP contribution < -0.4 is 0 Å². The molecule has 31 heavy (non-hydrogen) atoms. The molecule has 0 fully saturated rings. The highest BCUT2D eigenvalue weighted by atomic mass is 35.5. The first-order valence-electron chi connectivity index (χ1n) is 9.34. The number of ether oxygens (including phenoxy) is 1. The van der Waals surface area contributed by atoms with Gasteiger partial charge < -0.3 is 4.74 Å². The van der Waals surface area contributed by atoms with Gasteiger partial charge in [-0.15, -0.1) is 0 Å². The molecule has 9 heteroatoms. The molecule has 0 saturated heterocycles. The van der Waals surface area contributed by atoms with Crippen molar-refractivity contribution in [3.8, 4) is 0 Å². The molecule has 3 nitrogen and oxygen atoms in total. The number of nitrogens with zero attached hydrogens (tertiary/aromatic N) is 1. The zero-order chi connectivity index (χ0) is 23.2. The van der Waals surface area contributed by atoms with E-state index in [-0.39, 0.29) is 27.7 Å². The van der Waals surface area contributed by atoms with Crippen LogP contribution in [-0.2, 0) is 9.48 Å². The van der Waals surface area contributed by atoms with Gasteiger partial charge in [-0.1, -0.05) is 29.3 Å². The van der Waals surface area contributed by atoms with E-state index in [1.807, 2.05) is 0 Å². The molecule has 3 rings (SSSR count). The number of aryl methyl sites for hydroxylation is 1. The summed E-state index contributed by atoms with van der Waals surface area (Å²) < 4.78 is 49.9. The number of alkyl halides is 3. The zero-order valence-corrected chi connectivity index (χ0v) is 19.6. The fourth-order valence-corrected chi connectivity index (χ4v) is 4.74. The Morgan fingerprint density at radius 3 is 2.23 bits per heavy atom. The normalized spacial score (nSPS) is 19.3. The van der Waals surface area contributed by atoms with E-state index >= 15 is 0 Å². The van der Waals surface area contributed by atoms with Gasteiger partial charge in [-0.3, -0.25) is 0 Å². The summed E-state index contributed by atoms with van der Waals surface area (Å²) in [6.45, 7) is 6.99. The molecular formula is C22H20Cl2F3NO2S. The molecule has 0 unspecified atom stereocenters. The van der Waals surface area contributed by atoms with Crippen molar-refractivity contribution >= 4 is 46.8 Å². The van der Waals surface area contributed by atoms with Crippen molar-refractivity contribution in [1.29, 1.82) is 0 Å². The summed E-state index contributed by atoms with van der Waals surface area (Å²) in [6, 6.07) is 8.71. The van der Waals surface area contributed by atoms with E-state index in [2.05, 4.69) is 4.40 Å². The molecule has 0 spiro atoms. The Kier molecular flexibility index (Phi) is 6.44. The van der Waals surface area contributed by atoms with Crippen molar-refractivity contribution < 1.29 is 22.7 Å². The second-order valence-electron chi connectivity index (χ2n) is 8.32. The Labute approximate surface area is 193 Å². The van der Waals surface area contributed by atoms with Crippen LogP contribution in [0.3, 0.4) is 0 Å². The lowest BCUT2D eigenvalue weighted by molar-refractivity contribution is -0.159. The highest BCUT2D eigenvalue weighted by Crippen LogP contribution is 2.57. The molecule has 166 valence electrons. The van der Waals surface area contributed by atoms with E-state index in [1.165, 1.54) is 18.2 Å². The van der Waals surface area contributed by atoms with E-state index in [9.17, 15) is 18.0 Å². The molecule has 2 aromatic rings. The first-order valence-corrected chi connectivity index (χ1v) is 10.9. The van der Waals surface area contributed by atoms with Gasteiger partial charge in [0.2, 0.25) is 0 Å². The maximum Gasteiger partial charge on any atom is 0.409 e. The lowest BCUT2D eigenvalue weighted by Gasteiger charge is -2.30. The average molecular weight is 490 g/mol. The number of carbonyl (C=O) groups excluding carboxylic acids is 1. The van der Waals surface area contributed by atoms with Crippen LogP contribution in [0, 0.1) is 6.92 Å². The number of rotatable bonds is 3. The van der Waals surface area contributed by atoms with E-state index in [0.29, 0.717) is 28.6 Å². The fraction of sp³-hybridized carbons (Fsp3) is 0.364. The van der Waals surface area contributed by atoms with Crippen LogP contribution in [0.5, 0.6) is 0 Å². The van der Waals surface area contributed by atoms with Crippen molar-refractivity contribution in [2.45, 2.75) is 50.6 Å². The van der Waals surface area contributed by atoms with Crippen molar-refractivity contribution in [2.75, 3.05) is 0 Å². The standard InChI is InChI=1S/C22H20Cl2F3NO2S/c1-12-7-13(5-6-17(12)19(29)30-20(2,3)4)18-11-21(31-28-18,22(25,26)27)14-8-15(23)10-16(24)9-14/h5-10H,11H2,1-4H3/t21-/m0/s1. The van der Waals surface area contributed by atoms with Gasteiger partial charge in [0.05, 0.1) is 11.3 Å². The Bertz CT molecular complexity index is 1040. The van der Waals surface area contributed by atoms with Gasteiger partial charge in [-0.05, 0) is 86.7 Å². The quantitative estimate of drug-likeness (QED) is 0.329. The highest BCUT2D eigenvalue weighted by Gasteiger charge is 2.60. The molecule has 0 saturated carbocycles. The van der Waals surface area contributed by atoms with Crippen molar-refractivity contribution in [3.05, 3.63) is 68.7 Å². The molecule has 0 bridgehead atoms. The largest absolute Gasteiger partial charge is 0.456 e. The van der Waals surface area contributed by atoms with Crippen molar-refractivity contribution in [2.24, 2.45) is 4.40 Å². The summed E-state index contributed by atoms with van der Waals surface area (Å²) in [6.07, 6.45) is -4.98. The average Bonchev–Trinajstić information content (AvgIpc) is 3.06. The number of esters is 1. The minimum Gasteiger partial charge on any atom is -0.456 e. The Morgan fingerprint density at radius 2 is 1.71 bits per heavy atom. The van der Waals surface area contributed by atoms with E-state index in [4.69, 9.17) is 27.9 Å². The number of carbonyl (C=O) groups is 1. The third-order valence-electron chi connectivity index (χ3n) is 4.69. The molecule has 1 aliphatic heterocycles. The number of hydrogen-bond acceptors (Lipinski definition) is 4. The fourth-order valence-electron chi connectivity index (χ4n) is 3.25. The smallest absolute Gasteiger partial charge is 0.409 e. The number of hydrogen-bond donors (Lipinski definition) is 0. The number of halogens is 5. The summed E-state index contributed by atoms with van der Waals surface area (Å²) in [7, 11) is 0. The Morgan fingerprint density at radius 1 is 1.10 bits per heavy atom. The molecule has 1 aliphatic rings. The maximum atomic E-state index is 14.2.